The molecule has 1 atom stereocenters. The predicted molar refractivity (Wildman–Crippen MR) is 116 cm³/mol. The number of rotatable bonds is 2. The third-order valence-corrected chi connectivity index (χ3v) is 5.86. The molecule has 3 aromatic carbocycles. The number of hydrogen-bond donors (Lipinski definition) is 2. The molecule has 2 heterocycles. The van der Waals surface area contributed by atoms with Gasteiger partial charge in [0.1, 0.15) is 0 Å². The molecule has 2 aliphatic rings. The normalized spacial score (nSPS) is 19.0. The topological polar surface area (TPSA) is 105 Å². The monoisotopic (exact) mass is 414 g/mol. The molecule has 0 radical (unpaired) electrons. The minimum atomic E-state index is -1.66. The lowest BCUT2D eigenvalue weighted by atomic mass is 9.90. The lowest BCUT2D eigenvalue weighted by Crippen LogP contribution is -2.62. The highest BCUT2D eigenvalue weighted by Crippen LogP contribution is 2.49. The van der Waals surface area contributed by atoms with Crippen LogP contribution < -0.4 is 15.5 Å². The van der Waals surface area contributed by atoms with Crippen molar-refractivity contribution >= 4 is 34.6 Å². The van der Waals surface area contributed by atoms with Crippen molar-refractivity contribution in [1.82, 2.24) is 0 Å². The Morgan fingerprint density at radius 1 is 0.935 bits per heavy atom. The molecular weight excluding hydrogens is 396 g/mol. The molecule has 0 saturated heterocycles. The van der Waals surface area contributed by atoms with Gasteiger partial charge in [-0.1, -0.05) is 30.3 Å². The molecule has 0 aliphatic carbocycles. The van der Waals surface area contributed by atoms with Crippen LogP contribution in [0.4, 0.5) is 22.7 Å². The van der Waals surface area contributed by atoms with Gasteiger partial charge in [0.05, 0.1) is 16.2 Å². The third-order valence-electron chi connectivity index (χ3n) is 5.86. The van der Waals surface area contributed by atoms with Crippen LogP contribution in [-0.4, -0.2) is 16.7 Å². The van der Waals surface area contributed by atoms with Gasteiger partial charge in [-0.2, -0.15) is 0 Å². The van der Waals surface area contributed by atoms with E-state index in [2.05, 4.69) is 10.6 Å². The van der Waals surface area contributed by atoms with Gasteiger partial charge in [-0.25, -0.2) is 0 Å². The average Bonchev–Trinajstić information content (AvgIpc) is 3.01. The molecule has 0 saturated carbocycles. The fraction of sp³-hybridized carbons (Fsp3) is 0.130. The number of amides is 2. The van der Waals surface area contributed by atoms with Crippen molar-refractivity contribution in [1.29, 1.82) is 0 Å². The molecule has 2 N–H and O–H groups in total. The van der Waals surface area contributed by atoms with E-state index >= 15 is 0 Å². The number of para-hydroxylation sites is 2. The molecule has 1 unspecified atom stereocenters. The van der Waals surface area contributed by atoms with Crippen LogP contribution in [0.5, 0.6) is 0 Å². The highest BCUT2D eigenvalue weighted by molar-refractivity contribution is 6.22. The van der Waals surface area contributed by atoms with E-state index in [1.54, 1.807) is 24.3 Å². The summed E-state index contributed by atoms with van der Waals surface area (Å²) in [5.41, 5.74) is 2.04. The number of nitro groups is 1. The van der Waals surface area contributed by atoms with Crippen molar-refractivity contribution in [2.75, 3.05) is 15.5 Å². The quantitative estimate of drug-likeness (QED) is 0.485. The summed E-state index contributed by atoms with van der Waals surface area (Å²) in [5.74, 6) is -0.838. The minimum absolute atomic E-state index is 0.163. The van der Waals surface area contributed by atoms with E-state index < -0.39 is 16.5 Å². The number of hydrogen-bond acceptors (Lipinski definition) is 5. The molecule has 0 aromatic heterocycles. The first-order valence-electron chi connectivity index (χ1n) is 9.73. The fourth-order valence-corrected chi connectivity index (χ4v) is 4.47. The van der Waals surface area contributed by atoms with Crippen LogP contribution in [0.2, 0.25) is 0 Å². The lowest BCUT2D eigenvalue weighted by Gasteiger charge is -2.45. The van der Waals surface area contributed by atoms with E-state index in [0.29, 0.717) is 28.2 Å². The fourth-order valence-electron chi connectivity index (χ4n) is 4.47. The molecule has 0 bridgehead atoms. The molecule has 8 nitrogen and oxygen atoms in total. The molecular formula is C23H18N4O4. The lowest BCUT2D eigenvalue weighted by molar-refractivity contribution is -0.384. The molecule has 1 spiro atoms. The van der Waals surface area contributed by atoms with Crippen molar-refractivity contribution in [2.45, 2.75) is 19.5 Å². The Labute approximate surface area is 177 Å². The van der Waals surface area contributed by atoms with E-state index in [9.17, 15) is 19.7 Å². The second kappa shape index (κ2) is 6.40. The highest BCUT2D eigenvalue weighted by Gasteiger charge is 2.58. The maximum absolute atomic E-state index is 13.8. The van der Waals surface area contributed by atoms with Gasteiger partial charge >= 0.3 is 0 Å². The number of non-ortho nitro benzene ring substituents is 1. The Balaban J connectivity index is 1.87. The summed E-state index contributed by atoms with van der Waals surface area (Å²) < 4.78 is 0. The second-order valence-electron chi connectivity index (χ2n) is 7.70. The predicted octanol–water partition coefficient (Wildman–Crippen LogP) is 4.09. The van der Waals surface area contributed by atoms with Gasteiger partial charge in [-0.05, 0) is 43.2 Å². The standard InChI is InChI=1S/C23H18N4O4/c1-13-6-5-7-14(2)20(13)26-21(28)16-8-3-4-9-18(16)25-23(26)17-12-15(27(30)31)10-11-19(17)24-22(23)29/h3-12,25H,1-2H3,(H,24,29). The zero-order valence-corrected chi connectivity index (χ0v) is 16.8. The first kappa shape index (κ1) is 18.8. The number of aryl methyl sites for hydroxylation is 2. The molecule has 154 valence electrons. The van der Waals surface area contributed by atoms with Crippen LogP contribution in [0.3, 0.4) is 0 Å². The SMILES string of the molecule is Cc1cccc(C)c1N1C(=O)c2ccccc2NC12C(=O)Nc1ccc([N+](=O)[O-])cc12. The first-order chi connectivity index (χ1) is 14.8. The van der Waals surface area contributed by atoms with Crippen molar-refractivity contribution in [3.8, 4) is 0 Å². The van der Waals surface area contributed by atoms with Crippen LogP contribution >= 0.6 is 0 Å². The molecule has 8 heteroatoms. The average molecular weight is 414 g/mol. The van der Waals surface area contributed by atoms with Crippen molar-refractivity contribution in [2.24, 2.45) is 0 Å². The number of nitrogens with zero attached hydrogens (tertiary/aromatic N) is 2. The van der Waals surface area contributed by atoms with Crippen molar-refractivity contribution in [3.05, 3.63) is 93.0 Å². The summed E-state index contributed by atoms with van der Waals surface area (Å²) in [6.45, 7) is 3.73. The van der Waals surface area contributed by atoms with E-state index in [0.717, 1.165) is 11.1 Å². The Morgan fingerprint density at radius 3 is 2.35 bits per heavy atom. The first-order valence-corrected chi connectivity index (χ1v) is 9.73. The second-order valence-corrected chi connectivity index (χ2v) is 7.70. The van der Waals surface area contributed by atoms with Crippen LogP contribution in [-0.2, 0) is 10.5 Å². The van der Waals surface area contributed by atoms with Crippen LogP contribution in [0, 0.1) is 24.0 Å². The minimum Gasteiger partial charge on any atom is -0.350 e. The van der Waals surface area contributed by atoms with Gasteiger partial charge in [0.25, 0.3) is 17.5 Å². The summed E-state index contributed by atoms with van der Waals surface area (Å²) >= 11 is 0. The Morgan fingerprint density at radius 2 is 1.65 bits per heavy atom. The zero-order valence-electron chi connectivity index (χ0n) is 16.8. The maximum atomic E-state index is 13.8. The number of benzene rings is 3. The Hall–Kier alpha value is -4.20. The van der Waals surface area contributed by atoms with Crippen molar-refractivity contribution < 1.29 is 14.5 Å². The number of carbonyl (C=O) groups is 2. The summed E-state index contributed by atoms with van der Waals surface area (Å²) in [7, 11) is 0. The largest absolute Gasteiger partial charge is 0.350 e. The van der Waals surface area contributed by atoms with E-state index in [1.165, 1.54) is 23.1 Å². The van der Waals surface area contributed by atoms with Gasteiger partial charge in [-0.15, -0.1) is 0 Å². The van der Waals surface area contributed by atoms with Crippen LogP contribution in [0.25, 0.3) is 0 Å². The number of fused-ring (bicyclic) bond motifs is 3. The van der Waals surface area contributed by atoms with Crippen molar-refractivity contribution in [3.63, 3.8) is 0 Å². The molecule has 0 fully saturated rings. The van der Waals surface area contributed by atoms with Gasteiger partial charge in [-0.3, -0.25) is 24.6 Å². The van der Waals surface area contributed by atoms with E-state index in [-0.39, 0.29) is 11.6 Å². The van der Waals surface area contributed by atoms with E-state index in [4.69, 9.17) is 0 Å². The summed E-state index contributed by atoms with van der Waals surface area (Å²) in [4.78, 5) is 39.7. The third kappa shape index (κ3) is 2.48. The van der Waals surface area contributed by atoms with E-state index in [1.807, 2.05) is 32.0 Å². The zero-order chi connectivity index (χ0) is 21.9. The molecule has 2 aliphatic heterocycles. The Bertz CT molecular complexity index is 1280. The number of anilines is 3. The number of nitro benzene ring substituents is 1. The van der Waals surface area contributed by atoms with Crippen LogP contribution in [0.15, 0.2) is 60.7 Å². The summed E-state index contributed by atoms with van der Waals surface area (Å²) in [6.07, 6.45) is 0. The smallest absolute Gasteiger partial charge is 0.276 e. The molecule has 2 amide bonds. The summed E-state index contributed by atoms with van der Waals surface area (Å²) in [6, 6.07) is 16.7. The number of carbonyl (C=O) groups excluding carboxylic acids is 2. The molecule has 31 heavy (non-hydrogen) atoms. The molecule has 5 rings (SSSR count). The van der Waals surface area contributed by atoms with Gasteiger partial charge in [0.15, 0.2) is 0 Å². The summed E-state index contributed by atoms with van der Waals surface area (Å²) in [5, 5.41) is 17.5. The van der Waals surface area contributed by atoms with Gasteiger partial charge < -0.3 is 10.6 Å². The van der Waals surface area contributed by atoms with Gasteiger partial charge in [0.2, 0.25) is 5.66 Å². The van der Waals surface area contributed by atoms with Crippen LogP contribution in [0.1, 0.15) is 27.0 Å². The molecule has 3 aromatic rings. The number of nitrogens with one attached hydrogen (secondary N) is 2. The highest BCUT2D eigenvalue weighted by atomic mass is 16.6. The van der Waals surface area contributed by atoms with Gasteiger partial charge in [0, 0.05) is 29.1 Å². The Kier molecular flexibility index (Phi) is 3.88. The maximum Gasteiger partial charge on any atom is 0.276 e.